The standard InChI is InChI=1S/C23H30N4O2/c1-4-25-22(28)19-11-9-18(10-12-19)15-26-23(24-3)27-13-14-29-21(16-27)20-8-6-5-7-17(20)2/h5-12,21H,4,13-16H2,1-3H3,(H,24,26)(H,25,28). The number of ether oxygens (including phenoxy) is 1. The van der Waals surface area contributed by atoms with Gasteiger partial charge in [-0.25, -0.2) is 0 Å². The maximum Gasteiger partial charge on any atom is 0.251 e. The minimum Gasteiger partial charge on any atom is -0.370 e. The summed E-state index contributed by atoms with van der Waals surface area (Å²) < 4.78 is 6.03. The van der Waals surface area contributed by atoms with E-state index in [1.165, 1.54) is 11.1 Å². The number of nitrogens with zero attached hydrogens (tertiary/aromatic N) is 2. The summed E-state index contributed by atoms with van der Waals surface area (Å²) in [5.74, 6) is 0.818. The number of carbonyl (C=O) groups is 1. The topological polar surface area (TPSA) is 66.0 Å². The molecule has 1 fully saturated rings. The highest BCUT2D eigenvalue weighted by Gasteiger charge is 2.25. The Morgan fingerprint density at radius 1 is 1.17 bits per heavy atom. The molecule has 0 radical (unpaired) electrons. The van der Waals surface area contributed by atoms with Crippen LogP contribution in [0.3, 0.4) is 0 Å². The van der Waals surface area contributed by atoms with Crippen molar-refractivity contribution in [2.75, 3.05) is 33.3 Å². The normalized spacial score (nSPS) is 17.1. The van der Waals surface area contributed by atoms with Crippen molar-refractivity contribution in [3.05, 3.63) is 70.8 Å². The Bertz CT molecular complexity index is 848. The van der Waals surface area contributed by atoms with E-state index in [0.29, 0.717) is 25.3 Å². The Morgan fingerprint density at radius 3 is 2.62 bits per heavy atom. The zero-order valence-corrected chi connectivity index (χ0v) is 17.4. The van der Waals surface area contributed by atoms with Crippen molar-refractivity contribution < 1.29 is 9.53 Å². The zero-order valence-electron chi connectivity index (χ0n) is 17.4. The molecule has 0 spiro atoms. The fraction of sp³-hybridized carbons (Fsp3) is 0.391. The van der Waals surface area contributed by atoms with E-state index in [1.54, 1.807) is 7.05 Å². The summed E-state index contributed by atoms with van der Waals surface area (Å²) in [6, 6.07) is 16.0. The second-order valence-electron chi connectivity index (χ2n) is 7.12. The van der Waals surface area contributed by atoms with Crippen molar-refractivity contribution in [3.63, 3.8) is 0 Å². The molecule has 29 heavy (non-hydrogen) atoms. The molecule has 2 aromatic rings. The van der Waals surface area contributed by atoms with Crippen LogP contribution in [-0.4, -0.2) is 50.1 Å². The summed E-state index contributed by atoms with van der Waals surface area (Å²) in [4.78, 5) is 18.6. The van der Waals surface area contributed by atoms with Crippen molar-refractivity contribution in [3.8, 4) is 0 Å². The third kappa shape index (κ3) is 5.35. The van der Waals surface area contributed by atoms with Crippen molar-refractivity contribution in [1.29, 1.82) is 0 Å². The smallest absolute Gasteiger partial charge is 0.251 e. The van der Waals surface area contributed by atoms with Crippen LogP contribution in [0.15, 0.2) is 53.5 Å². The molecule has 154 valence electrons. The molecule has 1 saturated heterocycles. The third-order valence-electron chi connectivity index (χ3n) is 5.12. The number of aliphatic imine (C=N–C) groups is 1. The van der Waals surface area contributed by atoms with Gasteiger partial charge in [-0.1, -0.05) is 36.4 Å². The maximum absolute atomic E-state index is 11.9. The van der Waals surface area contributed by atoms with Crippen LogP contribution < -0.4 is 10.6 Å². The summed E-state index contributed by atoms with van der Waals surface area (Å²) in [6.45, 7) is 7.54. The van der Waals surface area contributed by atoms with Crippen molar-refractivity contribution in [1.82, 2.24) is 15.5 Å². The van der Waals surface area contributed by atoms with Crippen LogP contribution >= 0.6 is 0 Å². The number of guanidine groups is 1. The Hall–Kier alpha value is -2.86. The first-order valence-corrected chi connectivity index (χ1v) is 10.1. The van der Waals surface area contributed by atoms with E-state index in [0.717, 1.165) is 24.6 Å². The molecule has 6 heteroatoms. The van der Waals surface area contributed by atoms with Crippen LogP contribution in [0.1, 0.15) is 40.1 Å². The number of morpholine rings is 1. The van der Waals surface area contributed by atoms with Gasteiger partial charge < -0.3 is 20.3 Å². The minimum absolute atomic E-state index is 0.0415. The predicted molar refractivity (Wildman–Crippen MR) is 116 cm³/mol. The monoisotopic (exact) mass is 394 g/mol. The number of aryl methyl sites for hydroxylation is 1. The molecule has 1 unspecified atom stereocenters. The molecule has 6 nitrogen and oxygen atoms in total. The summed E-state index contributed by atoms with van der Waals surface area (Å²) in [7, 11) is 1.80. The summed E-state index contributed by atoms with van der Waals surface area (Å²) >= 11 is 0. The summed E-state index contributed by atoms with van der Waals surface area (Å²) in [6.07, 6.45) is 0.0415. The van der Waals surface area contributed by atoms with Gasteiger partial charge in [-0.2, -0.15) is 0 Å². The van der Waals surface area contributed by atoms with Gasteiger partial charge in [0.05, 0.1) is 13.2 Å². The van der Waals surface area contributed by atoms with Gasteiger partial charge in [-0.3, -0.25) is 9.79 Å². The lowest BCUT2D eigenvalue weighted by atomic mass is 10.0. The van der Waals surface area contributed by atoms with Crippen LogP contribution in [0.4, 0.5) is 0 Å². The van der Waals surface area contributed by atoms with E-state index < -0.39 is 0 Å². The van der Waals surface area contributed by atoms with Crippen molar-refractivity contribution in [2.24, 2.45) is 4.99 Å². The molecule has 0 bridgehead atoms. The lowest BCUT2D eigenvalue weighted by Crippen LogP contribution is -2.48. The lowest BCUT2D eigenvalue weighted by molar-refractivity contribution is -0.00833. The van der Waals surface area contributed by atoms with Gasteiger partial charge in [0.25, 0.3) is 5.91 Å². The van der Waals surface area contributed by atoms with Crippen LogP contribution in [0, 0.1) is 6.92 Å². The maximum atomic E-state index is 11.9. The SMILES string of the molecule is CCNC(=O)c1ccc(CNC(=NC)N2CCOC(c3ccccc3C)C2)cc1. The van der Waals surface area contributed by atoms with E-state index in [4.69, 9.17) is 4.74 Å². The number of hydrogen-bond acceptors (Lipinski definition) is 3. The number of benzene rings is 2. The van der Waals surface area contributed by atoms with Crippen molar-refractivity contribution >= 4 is 11.9 Å². The molecule has 2 aromatic carbocycles. The molecule has 3 rings (SSSR count). The summed E-state index contributed by atoms with van der Waals surface area (Å²) in [5, 5.41) is 6.25. The molecular weight excluding hydrogens is 364 g/mol. The number of nitrogens with one attached hydrogen (secondary N) is 2. The molecule has 1 aliphatic rings. The Morgan fingerprint density at radius 2 is 1.93 bits per heavy atom. The quantitative estimate of drug-likeness (QED) is 0.605. The van der Waals surface area contributed by atoms with E-state index in [-0.39, 0.29) is 12.0 Å². The Balaban J connectivity index is 1.60. The number of carbonyl (C=O) groups excluding carboxylic acids is 1. The molecule has 0 aliphatic carbocycles. The van der Waals surface area contributed by atoms with Crippen LogP contribution in [0.25, 0.3) is 0 Å². The first kappa shape index (κ1) is 20.9. The van der Waals surface area contributed by atoms with Gasteiger partial charge >= 0.3 is 0 Å². The minimum atomic E-state index is -0.0432. The first-order valence-electron chi connectivity index (χ1n) is 10.1. The van der Waals surface area contributed by atoms with Gasteiger partial charge in [0.2, 0.25) is 0 Å². The zero-order chi connectivity index (χ0) is 20.6. The number of amides is 1. The highest BCUT2D eigenvalue weighted by atomic mass is 16.5. The van der Waals surface area contributed by atoms with Crippen LogP contribution in [-0.2, 0) is 11.3 Å². The molecule has 0 aromatic heterocycles. The fourth-order valence-corrected chi connectivity index (χ4v) is 3.53. The van der Waals surface area contributed by atoms with Crippen LogP contribution in [0.2, 0.25) is 0 Å². The number of hydrogen-bond donors (Lipinski definition) is 2. The average molecular weight is 395 g/mol. The predicted octanol–water partition coefficient (Wildman–Crippen LogP) is 2.89. The van der Waals surface area contributed by atoms with E-state index in [1.807, 2.05) is 31.2 Å². The molecule has 0 saturated carbocycles. The highest BCUT2D eigenvalue weighted by molar-refractivity contribution is 5.94. The Kier molecular flexibility index (Phi) is 7.25. The van der Waals surface area contributed by atoms with E-state index >= 15 is 0 Å². The highest BCUT2D eigenvalue weighted by Crippen LogP contribution is 2.25. The first-order chi connectivity index (χ1) is 14.1. The molecule has 1 amide bonds. The van der Waals surface area contributed by atoms with Gasteiger partial charge in [0.15, 0.2) is 5.96 Å². The molecule has 1 atom stereocenters. The van der Waals surface area contributed by atoms with Crippen LogP contribution in [0.5, 0.6) is 0 Å². The van der Waals surface area contributed by atoms with Gasteiger partial charge in [-0.15, -0.1) is 0 Å². The second-order valence-corrected chi connectivity index (χ2v) is 7.12. The van der Waals surface area contributed by atoms with Gasteiger partial charge in [0.1, 0.15) is 6.10 Å². The molecule has 1 heterocycles. The van der Waals surface area contributed by atoms with Gasteiger partial charge in [0, 0.05) is 32.2 Å². The molecular formula is C23H30N4O2. The average Bonchev–Trinajstić information content (AvgIpc) is 2.75. The van der Waals surface area contributed by atoms with E-state index in [2.05, 4.69) is 51.7 Å². The third-order valence-corrected chi connectivity index (χ3v) is 5.12. The lowest BCUT2D eigenvalue weighted by Gasteiger charge is -2.35. The molecule has 2 N–H and O–H groups in total. The second kappa shape index (κ2) is 10.1. The summed E-state index contributed by atoms with van der Waals surface area (Å²) in [5.41, 5.74) is 4.25. The van der Waals surface area contributed by atoms with E-state index in [9.17, 15) is 4.79 Å². The number of rotatable bonds is 5. The molecule has 1 aliphatic heterocycles. The largest absolute Gasteiger partial charge is 0.370 e. The Labute approximate surface area is 173 Å². The van der Waals surface area contributed by atoms with Crippen molar-refractivity contribution in [2.45, 2.75) is 26.5 Å². The van der Waals surface area contributed by atoms with Gasteiger partial charge in [-0.05, 0) is 42.7 Å². The fourth-order valence-electron chi connectivity index (χ4n) is 3.53.